The molecule has 2 aromatic rings. The summed E-state index contributed by atoms with van der Waals surface area (Å²) in [6, 6.07) is 17.6. The SMILES string of the molecule is COc1cccc(CN2C[C@@H](c3cccc(O)c3)[C@@H]3[C@H]2C2CCN3CC2)c1. The van der Waals surface area contributed by atoms with Gasteiger partial charge < -0.3 is 9.84 Å². The molecule has 0 aromatic heterocycles. The van der Waals surface area contributed by atoms with E-state index in [1.165, 1.54) is 37.1 Å². The Morgan fingerprint density at radius 3 is 2.63 bits per heavy atom. The number of phenolic OH excluding ortho intramolecular Hbond substituents is 1. The zero-order valence-electron chi connectivity index (χ0n) is 15.9. The summed E-state index contributed by atoms with van der Waals surface area (Å²) in [7, 11) is 1.73. The average Bonchev–Trinajstić information content (AvgIpc) is 3.11. The monoisotopic (exact) mass is 364 g/mol. The zero-order valence-corrected chi connectivity index (χ0v) is 15.9. The summed E-state index contributed by atoms with van der Waals surface area (Å²) < 4.78 is 5.42. The molecule has 0 radical (unpaired) electrons. The van der Waals surface area contributed by atoms with Gasteiger partial charge in [-0.1, -0.05) is 24.3 Å². The molecule has 0 unspecified atom stereocenters. The second-order valence-electron chi connectivity index (χ2n) is 8.34. The highest BCUT2D eigenvalue weighted by Crippen LogP contribution is 2.47. The fourth-order valence-corrected chi connectivity index (χ4v) is 5.78. The Labute approximate surface area is 161 Å². The van der Waals surface area contributed by atoms with Crippen LogP contribution in [0.5, 0.6) is 11.5 Å². The van der Waals surface area contributed by atoms with Gasteiger partial charge in [-0.2, -0.15) is 0 Å². The Kier molecular flexibility index (Phi) is 4.33. The summed E-state index contributed by atoms with van der Waals surface area (Å²) in [6.07, 6.45) is 2.64. The van der Waals surface area contributed by atoms with Crippen LogP contribution in [0.2, 0.25) is 0 Å². The molecule has 4 aliphatic rings. The summed E-state index contributed by atoms with van der Waals surface area (Å²) in [5.41, 5.74) is 2.60. The highest BCUT2D eigenvalue weighted by molar-refractivity contribution is 5.34. The minimum Gasteiger partial charge on any atom is -0.508 e. The molecule has 4 heterocycles. The number of piperidine rings is 3. The van der Waals surface area contributed by atoms with Crippen molar-refractivity contribution in [1.29, 1.82) is 0 Å². The maximum absolute atomic E-state index is 10.0. The molecule has 4 fully saturated rings. The lowest BCUT2D eigenvalue weighted by molar-refractivity contribution is -0.00870. The first kappa shape index (κ1) is 17.1. The normalized spacial score (nSPS) is 32.4. The maximum atomic E-state index is 10.0. The van der Waals surface area contributed by atoms with Crippen LogP contribution in [0, 0.1) is 5.92 Å². The molecule has 142 valence electrons. The van der Waals surface area contributed by atoms with Crippen molar-refractivity contribution >= 4 is 0 Å². The van der Waals surface area contributed by atoms with E-state index in [1.54, 1.807) is 13.2 Å². The molecule has 2 bridgehead atoms. The number of ether oxygens (including phenoxy) is 1. The smallest absolute Gasteiger partial charge is 0.119 e. The van der Waals surface area contributed by atoms with E-state index in [9.17, 15) is 5.11 Å². The minimum absolute atomic E-state index is 0.381. The van der Waals surface area contributed by atoms with E-state index >= 15 is 0 Å². The van der Waals surface area contributed by atoms with Crippen molar-refractivity contribution in [1.82, 2.24) is 9.80 Å². The molecule has 0 aliphatic carbocycles. The number of phenols is 1. The van der Waals surface area contributed by atoms with Crippen molar-refractivity contribution in [2.45, 2.75) is 37.4 Å². The third-order valence-corrected chi connectivity index (χ3v) is 6.91. The molecule has 4 saturated heterocycles. The lowest BCUT2D eigenvalue weighted by Crippen LogP contribution is -2.59. The Morgan fingerprint density at radius 2 is 1.85 bits per heavy atom. The number of hydrogen-bond acceptors (Lipinski definition) is 4. The number of benzene rings is 2. The molecule has 4 nitrogen and oxygen atoms in total. The number of likely N-dealkylation sites (tertiary alicyclic amines) is 1. The average molecular weight is 364 g/mol. The first-order chi connectivity index (χ1) is 13.2. The fraction of sp³-hybridized carbons (Fsp3) is 0.478. The van der Waals surface area contributed by atoms with E-state index in [0.717, 1.165) is 24.8 Å². The summed E-state index contributed by atoms with van der Waals surface area (Å²) >= 11 is 0. The highest BCUT2D eigenvalue weighted by Gasteiger charge is 2.53. The molecule has 2 aromatic carbocycles. The van der Waals surface area contributed by atoms with Crippen molar-refractivity contribution in [3.05, 3.63) is 59.7 Å². The quantitative estimate of drug-likeness (QED) is 0.901. The number of hydrogen-bond donors (Lipinski definition) is 1. The lowest BCUT2D eigenvalue weighted by Gasteiger charge is -2.51. The van der Waals surface area contributed by atoms with Crippen molar-refractivity contribution in [2.24, 2.45) is 5.92 Å². The van der Waals surface area contributed by atoms with Gasteiger partial charge in [-0.25, -0.2) is 0 Å². The van der Waals surface area contributed by atoms with E-state index in [-0.39, 0.29) is 0 Å². The first-order valence-electron chi connectivity index (χ1n) is 10.1. The Balaban J connectivity index is 1.47. The Morgan fingerprint density at radius 1 is 1.04 bits per heavy atom. The van der Waals surface area contributed by atoms with Gasteiger partial charge in [0.05, 0.1) is 7.11 Å². The molecule has 0 spiro atoms. The van der Waals surface area contributed by atoms with Crippen molar-refractivity contribution in [2.75, 3.05) is 26.7 Å². The van der Waals surface area contributed by atoms with Crippen LogP contribution in [0.15, 0.2) is 48.5 Å². The van der Waals surface area contributed by atoms with Gasteiger partial charge >= 0.3 is 0 Å². The molecule has 0 amide bonds. The van der Waals surface area contributed by atoms with Crippen LogP contribution in [0.3, 0.4) is 0 Å². The van der Waals surface area contributed by atoms with E-state index in [0.29, 0.717) is 23.8 Å². The number of nitrogens with zero attached hydrogens (tertiary/aromatic N) is 2. The molecular formula is C23H28N2O2. The van der Waals surface area contributed by atoms with Crippen LogP contribution in [0.4, 0.5) is 0 Å². The second-order valence-corrected chi connectivity index (χ2v) is 8.34. The lowest BCUT2D eigenvalue weighted by atomic mass is 9.75. The van der Waals surface area contributed by atoms with Gasteiger partial charge in [0, 0.05) is 31.1 Å². The molecule has 6 rings (SSSR count). The van der Waals surface area contributed by atoms with Crippen molar-refractivity contribution in [3.63, 3.8) is 0 Å². The van der Waals surface area contributed by atoms with Gasteiger partial charge in [-0.05, 0) is 67.2 Å². The minimum atomic E-state index is 0.381. The number of fused-ring (bicyclic) bond motifs is 2. The predicted molar refractivity (Wildman–Crippen MR) is 106 cm³/mol. The molecule has 1 N–H and O–H groups in total. The van der Waals surface area contributed by atoms with E-state index < -0.39 is 0 Å². The second kappa shape index (κ2) is 6.84. The van der Waals surface area contributed by atoms with Gasteiger partial charge in [0.15, 0.2) is 0 Å². The van der Waals surface area contributed by atoms with Crippen molar-refractivity contribution in [3.8, 4) is 11.5 Å². The molecule has 27 heavy (non-hydrogen) atoms. The highest BCUT2D eigenvalue weighted by atomic mass is 16.5. The molecule has 3 atom stereocenters. The fourth-order valence-electron chi connectivity index (χ4n) is 5.78. The molecule has 4 aliphatic heterocycles. The summed E-state index contributed by atoms with van der Waals surface area (Å²) in [5, 5.41) is 10.0. The summed E-state index contributed by atoms with van der Waals surface area (Å²) in [5.74, 6) is 2.58. The van der Waals surface area contributed by atoms with Crippen LogP contribution < -0.4 is 4.74 Å². The third-order valence-electron chi connectivity index (χ3n) is 6.91. The van der Waals surface area contributed by atoms with E-state index in [4.69, 9.17) is 4.74 Å². The topological polar surface area (TPSA) is 35.9 Å². The predicted octanol–water partition coefficient (Wildman–Crippen LogP) is 3.46. The van der Waals surface area contributed by atoms with Crippen LogP contribution in [0.1, 0.15) is 29.9 Å². The van der Waals surface area contributed by atoms with Crippen LogP contribution in [0.25, 0.3) is 0 Å². The van der Waals surface area contributed by atoms with Crippen LogP contribution in [-0.2, 0) is 6.54 Å². The Hall–Kier alpha value is -2.04. The summed E-state index contributed by atoms with van der Waals surface area (Å²) in [4.78, 5) is 5.41. The van der Waals surface area contributed by atoms with Crippen LogP contribution in [-0.4, -0.2) is 53.7 Å². The standard InChI is InChI=1S/C23H28N2O2/c1-27-20-7-2-4-16(12-20)14-25-15-21(18-5-3-6-19(26)13-18)23-22(25)17-8-10-24(23)11-9-17/h2-7,12-13,17,21-23,26H,8-11,14-15H2,1H3/t21-,22+,23+/m0/s1. The number of aromatic hydroxyl groups is 1. The molecule has 4 heteroatoms. The number of methoxy groups -OCH3 is 1. The van der Waals surface area contributed by atoms with Crippen molar-refractivity contribution < 1.29 is 9.84 Å². The molecular weight excluding hydrogens is 336 g/mol. The zero-order chi connectivity index (χ0) is 18.4. The largest absolute Gasteiger partial charge is 0.508 e. The van der Waals surface area contributed by atoms with Gasteiger partial charge in [0.2, 0.25) is 0 Å². The van der Waals surface area contributed by atoms with E-state index in [1.807, 2.05) is 18.2 Å². The third kappa shape index (κ3) is 3.01. The van der Waals surface area contributed by atoms with Gasteiger partial charge in [0.25, 0.3) is 0 Å². The maximum Gasteiger partial charge on any atom is 0.119 e. The van der Waals surface area contributed by atoms with Crippen LogP contribution >= 0.6 is 0 Å². The van der Waals surface area contributed by atoms with Gasteiger partial charge in [-0.3, -0.25) is 9.80 Å². The summed E-state index contributed by atoms with van der Waals surface area (Å²) in [6.45, 7) is 4.49. The molecule has 0 saturated carbocycles. The Bertz CT molecular complexity index is 816. The van der Waals surface area contributed by atoms with Gasteiger partial charge in [0.1, 0.15) is 11.5 Å². The van der Waals surface area contributed by atoms with E-state index in [2.05, 4.69) is 34.1 Å². The van der Waals surface area contributed by atoms with Gasteiger partial charge in [-0.15, -0.1) is 0 Å². The number of rotatable bonds is 4. The first-order valence-corrected chi connectivity index (χ1v) is 10.1.